The number of aromatic nitrogens is 6. The highest BCUT2D eigenvalue weighted by molar-refractivity contribution is 5.93. The van der Waals surface area contributed by atoms with E-state index in [1.165, 1.54) is 0 Å². The number of aromatic amines is 1. The fourth-order valence-electron chi connectivity index (χ4n) is 4.04. The predicted molar refractivity (Wildman–Crippen MR) is 105 cm³/mol. The number of nitrogens with zero attached hydrogens (tertiary/aromatic N) is 5. The number of anilines is 1. The maximum Gasteiger partial charge on any atom is 0.224 e. The van der Waals surface area contributed by atoms with E-state index < -0.39 is 0 Å². The predicted octanol–water partition coefficient (Wildman–Crippen LogP) is 2.14. The van der Waals surface area contributed by atoms with Crippen LogP contribution in [0.1, 0.15) is 26.7 Å². The summed E-state index contributed by atoms with van der Waals surface area (Å²) < 4.78 is 1.88. The highest BCUT2D eigenvalue weighted by atomic mass is 16.1. The summed E-state index contributed by atoms with van der Waals surface area (Å²) in [5.74, 6) is 0.590. The molecule has 1 amide bonds. The number of carbonyl (C=O) groups excluding carboxylic acids is 1. The van der Waals surface area contributed by atoms with E-state index in [-0.39, 0.29) is 17.5 Å². The summed E-state index contributed by atoms with van der Waals surface area (Å²) in [6.45, 7) is 3.60. The Kier molecular flexibility index (Phi) is 3.58. The van der Waals surface area contributed by atoms with Gasteiger partial charge in [0.05, 0.1) is 0 Å². The van der Waals surface area contributed by atoms with E-state index >= 15 is 0 Å². The van der Waals surface area contributed by atoms with Crippen LogP contribution in [0.3, 0.4) is 0 Å². The van der Waals surface area contributed by atoms with Crippen LogP contribution in [0.2, 0.25) is 0 Å². The third-order valence-corrected chi connectivity index (χ3v) is 5.24. The molecule has 9 heteroatoms. The van der Waals surface area contributed by atoms with Gasteiger partial charge in [0, 0.05) is 53.6 Å². The van der Waals surface area contributed by atoms with Crippen molar-refractivity contribution in [2.75, 3.05) is 5.32 Å². The molecule has 9 nitrogen and oxygen atoms in total. The molecule has 1 aliphatic rings. The minimum Gasteiger partial charge on any atom is -0.351 e. The van der Waals surface area contributed by atoms with Crippen molar-refractivity contribution in [3.8, 4) is 11.1 Å². The van der Waals surface area contributed by atoms with Gasteiger partial charge in [-0.3, -0.25) is 9.20 Å². The van der Waals surface area contributed by atoms with Crippen LogP contribution < -0.4 is 10.6 Å². The number of rotatable bonds is 4. The number of nitrogens with one attached hydrogen (secondary N) is 3. The maximum atomic E-state index is 11.3. The summed E-state index contributed by atoms with van der Waals surface area (Å²) in [6.07, 6.45) is 9.14. The van der Waals surface area contributed by atoms with Crippen LogP contribution in [0.4, 0.5) is 5.95 Å². The molecule has 3 N–H and O–H groups in total. The van der Waals surface area contributed by atoms with Crippen molar-refractivity contribution in [2.24, 2.45) is 0 Å². The van der Waals surface area contributed by atoms with Crippen molar-refractivity contribution in [2.45, 2.75) is 38.3 Å². The Hall–Kier alpha value is -3.49. The van der Waals surface area contributed by atoms with Crippen LogP contribution in [0.15, 0.2) is 37.1 Å². The molecule has 0 spiro atoms. The molecular formula is C19H20N8O. The van der Waals surface area contributed by atoms with E-state index in [2.05, 4.69) is 42.7 Å². The van der Waals surface area contributed by atoms with Gasteiger partial charge in [-0.15, -0.1) is 10.2 Å². The summed E-state index contributed by atoms with van der Waals surface area (Å²) in [5, 5.41) is 15.2. The van der Waals surface area contributed by atoms with Gasteiger partial charge >= 0.3 is 0 Å². The van der Waals surface area contributed by atoms with E-state index in [9.17, 15) is 4.79 Å². The molecule has 0 atom stereocenters. The first kappa shape index (κ1) is 16.7. The van der Waals surface area contributed by atoms with E-state index in [1.54, 1.807) is 13.3 Å². The zero-order chi connectivity index (χ0) is 19.3. The molecule has 4 aromatic rings. The minimum absolute atomic E-state index is 0.00203. The number of pyridine rings is 1. The van der Waals surface area contributed by atoms with Crippen molar-refractivity contribution in [1.82, 2.24) is 34.9 Å². The lowest BCUT2D eigenvalue weighted by Gasteiger charge is -2.45. The molecule has 0 saturated heterocycles. The largest absolute Gasteiger partial charge is 0.351 e. The Morgan fingerprint density at radius 3 is 3.04 bits per heavy atom. The lowest BCUT2D eigenvalue weighted by atomic mass is 9.74. The van der Waals surface area contributed by atoms with Crippen LogP contribution in [0.25, 0.3) is 27.8 Å². The average molecular weight is 376 g/mol. The number of hydrogen-bond donors (Lipinski definition) is 3. The quantitative estimate of drug-likeness (QED) is 0.503. The average Bonchev–Trinajstić information content (AvgIpc) is 3.25. The Morgan fingerprint density at radius 1 is 1.36 bits per heavy atom. The third kappa shape index (κ3) is 2.84. The summed E-state index contributed by atoms with van der Waals surface area (Å²) in [7, 11) is 0. The fraction of sp³-hybridized carbons (Fsp3) is 0.316. The van der Waals surface area contributed by atoms with Crippen molar-refractivity contribution in [3.63, 3.8) is 0 Å². The van der Waals surface area contributed by atoms with Gasteiger partial charge in [-0.2, -0.15) is 4.98 Å². The van der Waals surface area contributed by atoms with Gasteiger partial charge in [-0.1, -0.05) is 0 Å². The number of H-pyrrole nitrogens is 1. The van der Waals surface area contributed by atoms with Crippen LogP contribution in [-0.2, 0) is 4.79 Å². The van der Waals surface area contributed by atoms with Gasteiger partial charge in [0.1, 0.15) is 12.0 Å². The van der Waals surface area contributed by atoms with Crippen LogP contribution in [0, 0.1) is 0 Å². The van der Waals surface area contributed by atoms with Gasteiger partial charge in [0.2, 0.25) is 11.9 Å². The standard InChI is InChI=1S/C19H20N8O/c1-11(28)25-19(2)5-13(6-19)23-18-21-8-15-14(7-20-17(15)24-18)12-3-4-16-26-22-10-27(16)9-12/h3-4,7-10,13H,5-6H2,1-2H3,(H,25,28)(H2,20,21,23,24)/t13-,19+. The van der Waals surface area contributed by atoms with Crippen molar-refractivity contribution >= 4 is 28.5 Å². The maximum absolute atomic E-state index is 11.3. The second kappa shape index (κ2) is 6.01. The second-order valence-corrected chi connectivity index (χ2v) is 7.66. The normalized spacial score (nSPS) is 21.6. The zero-order valence-electron chi connectivity index (χ0n) is 15.6. The molecule has 28 heavy (non-hydrogen) atoms. The van der Waals surface area contributed by atoms with E-state index in [0.29, 0.717) is 5.95 Å². The number of fused-ring (bicyclic) bond motifs is 2. The molecule has 4 heterocycles. The van der Waals surface area contributed by atoms with Gasteiger partial charge in [0.15, 0.2) is 5.65 Å². The summed E-state index contributed by atoms with van der Waals surface area (Å²) in [5.41, 5.74) is 3.50. The first-order valence-corrected chi connectivity index (χ1v) is 9.18. The summed E-state index contributed by atoms with van der Waals surface area (Å²) >= 11 is 0. The summed E-state index contributed by atoms with van der Waals surface area (Å²) in [4.78, 5) is 23.6. The van der Waals surface area contributed by atoms with Crippen molar-refractivity contribution in [3.05, 3.63) is 37.1 Å². The topological polar surface area (TPSA) is 113 Å². The highest BCUT2D eigenvalue weighted by Crippen LogP contribution is 2.34. The lowest BCUT2D eigenvalue weighted by molar-refractivity contribution is -0.121. The Balaban J connectivity index is 1.36. The lowest BCUT2D eigenvalue weighted by Crippen LogP contribution is -2.59. The van der Waals surface area contributed by atoms with Gasteiger partial charge in [0.25, 0.3) is 0 Å². The monoisotopic (exact) mass is 376 g/mol. The first-order valence-electron chi connectivity index (χ1n) is 9.18. The van der Waals surface area contributed by atoms with Crippen LogP contribution >= 0.6 is 0 Å². The molecule has 0 aromatic carbocycles. The molecule has 142 valence electrons. The first-order chi connectivity index (χ1) is 13.5. The number of amides is 1. The van der Waals surface area contributed by atoms with Crippen molar-refractivity contribution < 1.29 is 4.79 Å². The van der Waals surface area contributed by atoms with E-state index in [4.69, 9.17) is 0 Å². The van der Waals surface area contributed by atoms with Crippen molar-refractivity contribution in [1.29, 1.82) is 0 Å². The fourth-order valence-corrected chi connectivity index (χ4v) is 4.04. The molecule has 1 saturated carbocycles. The number of hydrogen-bond acceptors (Lipinski definition) is 6. The van der Waals surface area contributed by atoms with Crippen LogP contribution in [-0.4, -0.2) is 47.0 Å². The molecule has 5 rings (SSSR count). The Morgan fingerprint density at radius 2 is 2.21 bits per heavy atom. The molecule has 0 bridgehead atoms. The SMILES string of the molecule is CC(=O)N[C@]1(C)C[C@H](Nc2ncc3c(-c4ccc5nncn5c4)c[nH]c3n2)C1. The molecule has 1 fully saturated rings. The third-order valence-electron chi connectivity index (χ3n) is 5.24. The second-order valence-electron chi connectivity index (χ2n) is 7.66. The molecule has 0 aliphatic heterocycles. The zero-order valence-corrected chi connectivity index (χ0v) is 15.6. The molecule has 0 radical (unpaired) electrons. The van der Waals surface area contributed by atoms with Crippen LogP contribution in [0.5, 0.6) is 0 Å². The molecule has 1 aliphatic carbocycles. The highest BCUT2D eigenvalue weighted by Gasteiger charge is 2.41. The van der Waals surface area contributed by atoms with E-state index in [0.717, 1.165) is 40.6 Å². The smallest absolute Gasteiger partial charge is 0.224 e. The Labute approximate surface area is 160 Å². The number of carbonyl (C=O) groups is 1. The minimum atomic E-state index is -0.145. The molecule has 0 unspecified atom stereocenters. The van der Waals surface area contributed by atoms with E-state index in [1.807, 2.05) is 35.1 Å². The molecule has 4 aromatic heterocycles. The molecular weight excluding hydrogens is 356 g/mol. The van der Waals surface area contributed by atoms with Gasteiger partial charge < -0.3 is 15.6 Å². The summed E-state index contributed by atoms with van der Waals surface area (Å²) in [6, 6.07) is 4.19. The van der Waals surface area contributed by atoms with Gasteiger partial charge in [-0.25, -0.2) is 4.98 Å². The Bertz CT molecular complexity index is 1190. The van der Waals surface area contributed by atoms with Gasteiger partial charge in [-0.05, 0) is 31.9 Å².